The lowest BCUT2D eigenvalue weighted by Crippen LogP contribution is -2.47. The standard InChI is InChI=1S/C19H22ClN3O3S2/c1-5-8-15-16(18(25)26-6-2)27-19(22(15)4)23(21-17(28-19)12(3)24)14-10-7-9-13(20)11-14/h7,9-11H,5-6,8H2,1-4H3. The average molecular weight is 440 g/mol. The molecular formula is C19H22ClN3O3S2. The summed E-state index contributed by atoms with van der Waals surface area (Å²) >= 11 is 8.90. The van der Waals surface area contributed by atoms with Crippen LogP contribution in [-0.2, 0) is 14.3 Å². The number of carbonyl (C=O) groups is 2. The predicted molar refractivity (Wildman–Crippen MR) is 116 cm³/mol. The van der Waals surface area contributed by atoms with Crippen molar-refractivity contribution in [2.24, 2.45) is 5.10 Å². The zero-order valence-electron chi connectivity index (χ0n) is 16.2. The van der Waals surface area contributed by atoms with Gasteiger partial charge in [0.2, 0.25) is 4.33 Å². The zero-order chi connectivity index (χ0) is 20.5. The van der Waals surface area contributed by atoms with Crippen molar-refractivity contribution >= 4 is 57.6 Å². The molecule has 0 aromatic heterocycles. The van der Waals surface area contributed by atoms with Crippen molar-refractivity contribution in [1.29, 1.82) is 0 Å². The molecule has 0 radical (unpaired) electrons. The number of hydrogen-bond acceptors (Lipinski definition) is 8. The van der Waals surface area contributed by atoms with E-state index in [0.29, 0.717) is 21.6 Å². The lowest BCUT2D eigenvalue weighted by atomic mass is 10.2. The third-order valence-corrected chi connectivity index (χ3v) is 7.64. The lowest BCUT2D eigenvalue weighted by molar-refractivity contribution is -0.137. The summed E-state index contributed by atoms with van der Waals surface area (Å²) in [5.74, 6) is -0.466. The predicted octanol–water partition coefficient (Wildman–Crippen LogP) is 4.66. The van der Waals surface area contributed by atoms with E-state index in [9.17, 15) is 9.59 Å². The minimum absolute atomic E-state index is 0.121. The smallest absolute Gasteiger partial charge is 0.346 e. The summed E-state index contributed by atoms with van der Waals surface area (Å²) in [7, 11) is 1.92. The van der Waals surface area contributed by atoms with Gasteiger partial charge >= 0.3 is 5.97 Å². The molecule has 6 nitrogen and oxygen atoms in total. The van der Waals surface area contributed by atoms with E-state index in [4.69, 9.17) is 16.3 Å². The fourth-order valence-electron chi connectivity index (χ4n) is 3.05. The number of ether oxygens (including phenoxy) is 1. The first-order chi connectivity index (χ1) is 13.3. The molecule has 2 aliphatic heterocycles. The highest BCUT2D eigenvalue weighted by molar-refractivity contribution is 8.28. The summed E-state index contributed by atoms with van der Waals surface area (Å²) in [6.45, 7) is 5.65. The van der Waals surface area contributed by atoms with Crippen LogP contribution in [0.3, 0.4) is 0 Å². The first kappa shape index (κ1) is 21.1. The van der Waals surface area contributed by atoms with E-state index < -0.39 is 4.33 Å². The van der Waals surface area contributed by atoms with Crippen molar-refractivity contribution in [3.05, 3.63) is 39.9 Å². The van der Waals surface area contributed by atoms with E-state index in [1.807, 2.05) is 24.1 Å². The van der Waals surface area contributed by atoms with Gasteiger partial charge in [-0.15, -0.1) is 0 Å². The van der Waals surface area contributed by atoms with Crippen LogP contribution in [0.15, 0.2) is 40.0 Å². The molecule has 0 aliphatic carbocycles. The zero-order valence-corrected chi connectivity index (χ0v) is 18.6. The number of nitrogens with zero attached hydrogens (tertiary/aromatic N) is 3. The molecule has 0 saturated carbocycles. The van der Waals surface area contributed by atoms with E-state index >= 15 is 0 Å². The number of benzene rings is 1. The first-order valence-electron chi connectivity index (χ1n) is 9.01. The van der Waals surface area contributed by atoms with Crippen LogP contribution in [-0.4, -0.2) is 39.7 Å². The van der Waals surface area contributed by atoms with E-state index in [1.165, 1.54) is 30.4 Å². The Morgan fingerprint density at radius 3 is 2.64 bits per heavy atom. The van der Waals surface area contributed by atoms with Crippen LogP contribution < -0.4 is 5.01 Å². The second kappa shape index (κ2) is 8.39. The maximum absolute atomic E-state index is 12.6. The van der Waals surface area contributed by atoms with Crippen molar-refractivity contribution in [3.8, 4) is 0 Å². The highest BCUT2D eigenvalue weighted by Gasteiger charge is 2.56. The number of halogens is 1. The number of thioether (sulfide) groups is 2. The van der Waals surface area contributed by atoms with Gasteiger partial charge in [0.15, 0.2) is 10.8 Å². The molecule has 1 aromatic rings. The number of allylic oxidation sites excluding steroid dienone is 1. The molecular weight excluding hydrogens is 418 g/mol. The number of esters is 1. The summed E-state index contributed by atoms with van der Waals surface area (Å²) in [6.07, 6.45) is 1.60. The number of Topliss-reactive ketones (excluding diaryl/α,β-unsaturated/α-hetero) is 1. The van der Waals surface area contributed by atoms with E-state index in [-0.39, 0.29) is 11.8 Å². The molecule has 150 valence electrons. The van der Waals surface area contributed by atoms with Gasteiger partial charge in [0.25, 0.3) is 0 Å². The topological polar surface area (TPSA) is 62.2 Å². The Kier molecular flexibility index (Phi) is 6.31. The number of hydrazone groups is 1. The lowest BCUT2D eigenvalue weighted by Gasteiger charge is -2.39. The fourth-order valence-corrected chi connectivity index (χ4v) is 6.13. The molecule has 2 heterocycles. The van der Waals surface area contributed by atoms with Gasteiger partial charge in [-0.25, -0.2) is 9.80 Å². The van der Waals surface area contributed by atoms with Crippen LogP contribution >= 0.6 is 35.1 Å². The van der Waals surface area contributed by atoms with Gasteiger partial charge in [0, 0.05) is 24.7 Å². The van der Waals surface area contributed by atoms with Gasteiger partial charge < -0.3 is 9.64 Å². The second-order valence-electron chi connectivity index (χ2n) is 6.31. The van der Waals surface area contributed by atoms with E-state index in [1.54, 1.807) is 24.1 Å². The van der Waals surface area contributed by atoms with Gasteiger partial charge in [-0.2, -0.15) is 5.10 Å². The summed E-state index contributed by atoms with van der Waals surface area (Å²) in [6, 6.07) is 7.31. The largest absolute Gasteiger partial charge is 0.462 e. The molecule has 0 amide bonds. The molecule has 0 saturated heterocycles. The van der Waals surface area contributed by atoms with Gasteiger partial charge in [0.1, 0.15) is 4.91 Å². The summed E-state index contributed by atoms with van der Waals surface area (Å²) in [5.41, 5.74) is 1.64. The van der Waals surface area contributed by atoms with Gasteiger partial charge in [-0.3, -0.25) is 4.79 Å². The highest BCUT2D eigenvalue weighted by Crippen LogP contribution is 2.59. The molecule has 28 heavy (non-hydrogen) atoms. The normalized spacial score (nSPS) is 21.5. The molecule has 9 heteroatoms. The van der Waals surface area contributed by atoms with Crippen LogP contribution in [0.5, 0.6) is 0 Å². The van der Waals surface area contributed by atoms with Gasteiger partial charge in [-0.1, -0.05) is 42.8 Å². The molecule has 1 aromatic carbocycles. The number of carbonyl (C=O) groups excluding carboxylic acids is 2. The van der Waals surface area contributed by atoms with Gasteiger partial charge in [-0.05, 0) is 43.3 Å². The van der Waals surface area contributed by atoms with Gasteiger partial charge in [0.05, 0.1) is 12.3 Å². The average Bonchev–Trinajstić information content (AvgIpc) is 3.17. The van der Waals surface area contributed by atoms with Crippen LogP contribution in [0, 0.1) is 0 Å². The summed E-state index contributed by atoms with van der Waals surface area (Å²) in [5, 5.41) is 7.31. The van der Waals surface area contributed by atoms with Crippen LogP contribution in [0.1, 0.15) is 33.6 Å². The summed E-state index contributed by atoms with van der Waals surface area (Å²) < 4.78 is 4.47. The highest BCUT2D eigenvalue weighted by atomic mass is 35.5. The molecule has 1 spiro atoms. The van der Waals surface area contributed by atoms with Crippen LogP contribution in [0.2, 0.25) is 5.02 Å². The molecule has 1 atom stereocenters. The number of anilines is 1. The molecule has 0 N–H and O–H groups in total. The first-order valence-corrected chi connectivity index (χ1v) is 11.0. The molecule has 2 aliphatic rings. The Labute approximate surface area is 178 Å². The van der Waals surface area contributed by atoms with Crippen LogP contribution in [0.4, 0.5) is 5.69 Å². The Balaban J connectivity index is 2.08. The van der Waals surface area contributed by atoms with Crippen molar-refractivity contribution in [3.63, 3.8) is 0 Å². The molecule has 3 rings (SSSR count). The molecule has 1 unspecified atom stereocenters. The SMILES string of the molecule is CCCC1=C(C(=O)OCC)SC2(SC(C(C)=O)=NN2c2cccc(Cl)c2)N1C. The monoisotopic (exact) mass is 439 g/mol. The maximum Gasteiger partial charge on any atom is 0.346 e. The fraction of sp³-hybridized carbons (Fsp3) is 0.421. The Morgan fingerprint density at radius 1 is 1.29 bits per heavy atom. The number of rotatable bonds is 6. The number of hydrogen-bond donors (Lipinski definition) is 0. The minimum Gasteiger partial charge on any atom is -0.462 e. The number of ketones is 1. The second-order valence-corrected chi connectivity index (χ2v) is 9.35. The van der Waals surface area contributed by atoms with Crippen LogP contribution in [0.25, 0.3) is 0 Å². The van der Waals surface area contributed by atoms with E-state index in [2.05, 4.69) is 12.0 Å². The third-order valence-electron chi connectivity index (χ3n) is 4.32. The minimum atomic E-state index is -0.821. The Bertz CT molecular complexity index is 874. The molecule has 0 bridgehead atoms. The van der Waals surface area contributed by atoms with Crippen molar-refractivity contribution in [2.75, 3.05) is 18.7 Å². The van der Waals surface area contributed by atoms with Crippen molar-refractivity contribution in [2.45, 2.75) is 37.9 Å². The van der Waals surface area contributed by atoms with Crippen molar-refractivity contribution < 1.29 is 14.3 Å². The van der Waals surface area contributed by atoms with E-state index in [0.717, 1.165) is 24.2 Å². The quantitative estimate of drug-likeness (QED) is 0.597. The van der Waals surface area contributed by atoms with Crippen molar-refractivity contribution in [1.82, 2.24) is 4.90 Å². The molecule has 0 fully saturated rings. The summed E-state index contributed by atoms with van der Waals surface area (Å²) in [4.78, 5) is 27.4. The Morgan fingerprint density at radius 2 is 2.04 bits per heavy atom. The Hall–Kier alpha value is -1.64. The maximum atomic E-state index is 12.6. The third kappa shape index (κ3) is 3.65.